The molecule has 4 nitrogen and oxygen atoms in total. The smallest absolute Gasteiger partial charge is 0.238 e. The van der Waals surface area contributed by atoms with Crippen LogP contribution in [0.3, 0.4) is 0 Å². The van der Waals surface area contributed by atoms with E-state index < -0.39 is 0 Å². The Hall–Kier alpha value is -1.10. The summed E-state index contributed by atoms with van der Waals surface area (Å²) in [6, 6.07) is 8.21. The lowest BCUT2D eigenvalue weighted by molar-refractivity contribution is -0.117. The van der Waals surface area contributed by atoms with Gasteiger partial charge in [-0.15, -0.1) is 12.4 Å². The summed E-state index contributed by atoms with van der Waals surface area (Å²) in [6.07, 6.45) is 2.14. The summed E-state index contributed by atoms with van der Waals surface area (Å²) in [6.45, 7) is 6.48. The molecule has 5 heteroatoms. The van der Waals surface area contributed by atoms with Crippen molar-refractivity contribution in [1.82, 2.24) is 4.90 Å². The van der Waals surface area contributed by atoms with Gasteiger partial charge in [0.05, 0.1) is 6.54 Å². The van der Waals surface area contributed by atoms with Crippen molar-refractivity contribution in [2.75, 3.05) is 25.0 Å². The molecule has 1 saturated heterocycles. The topological polar surface area (TPSA) is 58.4 Å². The average molecular weight is 312 g/mol. The lowest BCUT2D eigenvalue weighted by Crippen LogP contribution is -2.45. The number of anilines is 1. The first-order valence-electron chi connectivity index (χ1n) is 7.43. The number of para-hydroxylation sites is 1. The Kier molecular flexibility index (Phi) is 7.15. The molecule has 1 fully saturated rings. The van der Waals surface area contributed by atoms with E-state index in [0.29, 0.717) is 12.5 Å². The molecule has 3 N–H and O–H groups in total. The van der Waals surface area contributed by atoms with E-state index in [1.54, 1.807) is 0 Å². The highest BCUT2D eigenvalue weighted by molar-refractivity contribution is 5.93. The van der Waals surface area contributed by atoms with E-state index in [1.165, 1.54) is 5.56 Å². The van der Waals surface area contributed by atoms with Gasteiger partial charge in [-0.1, -0.05) is 32.0 Å². The molecule has 1 aliphatic rings. The Bertz CT molecular complexity index is 465. The first kappa shape index (κ1) is 18.0. The minimum Gasteiger partial charge on any atom is -0.327 e. The molecular formula is C16H26ClN3O. The van der Waals surface area contributed by atoms with E-state index in [4.69, 9.17) is 5.73 Å². The molecule has 0 aromatic heterocycles. The molecule has 1 aliphatic heterocycles. The number of carbonyl (C=O) groups is 1. The third kappa shape index (κ3) is 5.30. The molecule has 1 heterocycles. The van der Waals surface area contributed by atoms with Crippen LogP contribution in [0.1, 0.15) is 38.2 Å². The number of likely N-dealkylation sites (tertiary alicyclic amines) is 1. The number of piperidine rings is 1. The van der Waals surface area contributed by atoms with Crippen molar-refractivity contribution in [3.05, 3.63) is 29.8 Å². The third-order valence-corrected chi connectivity index (χ3v) is 3.77. The van der Waals surface area contributed by atoms with Gasteiger partial charge in [-0.25, -0.2) is 0 Å². The molecule has 0 radical (unpaired) electrons. The second-order valence-corrected chi connectivity index (χ2v) is 5.93. The largest absolute Gasteiger partial charge is 0.327 e. The predicted octanol–water partition coefficient (Wildman–Crippen LogP) is 2.59. The standard InChI is InChI=1S/C16H25N3O.ClH/c1-12(2)14-7-3-4-8-15(14)18-16(20)11-19-9-5-6-13(17)10-19;/h3-4,7-8,12-13H,5-6,9-11,17H2,1-2H3,(H,18,20);1H. The number of hydrogen-bond acceptors (Lipinski definition) is 3. The van der Waals surface area contributed by atoms with Crippen molar-refractivity contribution in [1.29, 1.82) is 0 Å². The fourth-order valence-corrected chi connectivity index (χ4v) is 2.74. The van der Waals surface area contributed by atoms with Crippen molar-refractivity contribution >= 4 is 24.0 Å². The maximum Gasteiger partial charge on any atom is 0.238 e. The highest BCUT2D eigenvalue weighted by Crippen LogP contribution is 2.23. The fraction of sp³-hybridized carbons (Fsp3) is 0.562. The molecule has 1 aromatic rings. The van der Waals surface area contributed by atoms with Crippen molar-refractivity contribution in [2.24, 2.45) is 5.73 Å². The maximum absolute atomic E-state index is 12.2. The molecule has 0 bridgehead atoms. The Labute approximate surface area is 133 Å². The van der Waals surface area contributed by atoms with Crippen LogP contribution in [0.5, 0.6) is 0 Å². The second kappa shape index (κ2) is 8.37. The lowest BCUT2D eigenvalue weighted by atomic mass is 10.0. The zero-order valence-corrected chi connectivity index (χ0v) is 13.7. The summed E-state index contributed by atoms with van der Waals surface area (Å²) in [5.74, 6) is 0.446. The van der Waals surface area contributed by atoms with E-state index in [-0.39, 0.29) is 24.4 Å². The normalized spacial score (nSPS) is 19.1. The van der Waals surface area contributed by atoms with Crippen LogP contribution >= 0.6 is 12.4 Å². The molecule has 2 rings (SSSR count). The molecule has 1 unspecified atom stereocenters. The fourth-order valence-electron chi connectivity index (χ4n) is 2.74. The summed E-state index contributed by atoms with van der Waals surface area (Å²) in [5, 5.41) is 3.03. The number of nitrogens with zero attached hydrogens (tertiary/aromatic N) is 1. The van der Waals surface area contributed by atoms with Gasteiger partial charge in [-0.3, -0.25) is 9.69 Å². The third-order valence-electron chi connectivity index (χ3n) is 3.77. The van der Waals surface area contributed by atoms with Crippen LogP contribution < -0.4 is 11.1 Å². The maximum atomic E-state index is 12.2. The van der Waals surface area contributed by atoms with Gasteiger partial charge in [0.15, 0.2) is 0 Å². The zero-order valence-electron chi connectivity index (χ0n) is 12.8. The second-order valence-electron chi connectivity index (χ2n) is 5.93. The zero-order chi connectivity index (χ0) is 14.5. The molecule has 0 saturated carbocycles. The summed E-state index contributed by atoms with van der Waals surface area (Å²) in [4.78, 5) is 14.3. The highest BCUT2D eigenvalue weighted by Gasteiger charge is 2.19. The number of nitrogens with two attached hydrogens (primary N) is 1. The van der Waals surface area contributed by atoms with Gasteiger partial charge in [0, 0.05) is 18.3 Å². The number of rotatable bonds is 4. The van der Waals surface area contributed by atoms with Gasteiger partial charge in [0.25, 0.3) is 0 Å². The lowest BCUT2D eigenvalue weighted by Gasteiger charge is -2.30. The Morgan fingerprint density at radius 3 is 2.81 bits per heavy atom. The number of hydrogen-bond donors (Lipinski definition) is 2. The first-order chi connectivity index (χ1) is 9.56. The van der Waals surface area contributed by atoms with E-state index in [2.05, 4.69) is 30.1 Å². The Morgan fingerprint density at radius 2 is 2.14 bits per heavy atom. The van der Waals surface area contributed by atoms with Crippen LogP contribution in [-0.2, 0) is 4.79 Å². The number of amides is 1. The van der Waals surface area contributed by atoms with Crippen LogP contribution in [0.4, 0.5) is 5.69 Å². The SMILES string of the molecule is CC(C)c1ccccc1NC(=O)CN1CCCC(N)C1.Cl. The van der Waals surface area contributed by atoms with Crippen LogP contribution in [0.15, 0.2) is 24.3 Å². The monoisotopic (exact) mass is 311 g/mol. The van der Waals surface area contributed by atoms with Crippen LogP contribution in [0.2, 0.25) is 0 Å². The van der Waals surface area contributed by atoms with Gasteiger partial charge >= 0.3 is 0 Å². The van der Waals surface area contributed by atoms with Crippen LogP contribution in [-0.4, -0.2) is 36.5 Å². The van der Waals surface area contributed by atoms with Gasteiger partial charge in [-0.2, -0.15) is 0 Å². The van der Waals surface area contributed by atoms with Crippen molar-refractivity contribution < 1.29 is 4.79 Å². The Morgan fingerprint density at radius 1 is 1.43 bits per heavy atom. The predicted molar refractivity (Wildman–Crippen MR) is 90.1 cm³/mol. The number of carbonyl (C=O) groups excluding carboxylic acids is 1. The molecule has 1 aromatic carbocycles. The van der Waals surface area contributed by atoms with E-state index in [0.717, 1.165) is 31.6 Å². The van der Waals surface area contributed by atoms with Gasteiger partial charge in [-0.05, 0) is 36.9 Å². The van der Waals surface area contributed by atoms with Gasteiger partial charge in [0.2, 0.25) is 5.91 Å². The molecule has 118 valence electrons. The van der Waals surface area contributed by atoms with E-state index >= 15 is 0 Å². The van der Waals surface area contributed by atoms with Crippen molar-refractivity contribution in [3.63, 3.8) is 0 Å². The molecule has 0 aliphatic carbocycles. The number of benzene rings is 1. The molecular weight excluding hydrogens is 286 g/mol. The van der Waals surface area contributed by atoms with Crippen molar-refractivity contribution in [2.45, 2.75) is 38.6 Å². The quantitative estimate of drug-likeness (QED) is 0.898. The average Bonchev–Trinajstić information content (AvgIpc) is 2.38. The summed E-state index contributed by atoms with van der Waals surface area (Å²) in [5.41, 5.74) is 8.05. The minimum atomic E-state index is 0. The number of nitrogens with one attached hydrogen (secondary N) is 1. The Balaban J connectivity index is 0.00000220. The summed E-state index contributed by atoms with van der Waals surface area (Å²) >= 11 is 0. The summed E-state index contributed by atoms with van der Waals surface area (Å²) < 4.78 is 0. The van der Waals surface area contributed by atoms with E-state index in [1.807, 2.05) is 18.2 Å². The molecule has 21 heavy (non-hydrogen) atoms. The molecule has 1 amide bonds. The van der Waals surface area contributed by atoms with Gasteiger partial charge < -0.3 is 11.1 Å². The first-order valence-corrected chi connectivity index (χ1v) is 7.43. The van der Waals surface area contributed by atoms with Gasteiger partial charge in [0.1, 0.15) is 0 Å². The van der Waals surface area contributed by atoms with Crippen molar-refractivity contribution in [3.8, 4) is 0 Å². The number of halogens is 1. The molecule has 1 atom stereocenters. The highest BCUT2D eigenvalue weighted by atomic mass is 35.5. The van der Waals surface area contributed by atoms with E-state index in [9.17, 15) is 4.79 Å². The minimum absolute atomic E-state index is 0. The molecule has 0 spiro atoms. The van der Waals surface area contributed by atoms with Crippen LogP contribution in [0.25, 0.3) is 0 Å². The van der Waals surface area contributed by atoms with Crippen LogP contribution in [0, 0.1) is 0 Å². The summed E-state index contributed by atoms with van der Waals surface area (Å²) in [7, 11) is 0.